The van der Waals surface area contributed by atoms with Crippen molar-refractivity contribution in [2.24, 2.45) is 0 Å². The summed E-state index contributed by atoms with van der Waals surface area (Å²) >= 11 is 0. The van der Waals surface area contributed by atoms with E-state index in [0.29, 0.717) is 27.4 Å². The summed E-state index contributed by atoms with van der Waals surface area (Å²) in [6, 6.07) is 18.5. The lowest BCUT2D eigenvalue weighted by Crippen LogP contribution is -2.32. The van der Waals surface area contributed by atoms with Crippen LogP contribution < -0.4 is 0 Å². The van der Waals surface area contributed by atoms with Crippen LogP contribution in [-0.2, 0) is 14.4 Å². The number of carbonyl (C=O) groups is 3. The summed E-state index contributed by atoms with van der Waals surface area (Å²) in [6.45, 7) is 0. The van der Waals surface area contributed by atoms with Gasteiger partial charge in [0.15, 0.2) is 5.69 Å². The van der Waals surface area contributed by atoms with Gasteiger partial charge in [-0.3, -0.25) is 9.59 Å². The number of fused-ring (bicyclic) bond motifs is 1. The Morgan fingerprint density at radius 2 is 1.52 bits per heavy atom. The highest BCUT2D eigenvalue weighted by Gasteiger charge is 2.35. The van der Waals surface area contributed by atoms with E-state index in [1.807, 2.05) is 60.7 Å². The fourth-order valence-electron chi connectivity index (χ4n) is 3.62. The highest BCUT2D eigenvalue weighted by molar-refractivity contribution is 6.09. The molecule has 31 heavy (non-hydrogen) atoms. The topological polar surface area (TPSA) is 105 Å². The predicted octanol–water partition coefficient (Wildman–Crippen LogP) is 3.51. The minimum atomic E-state index is -0.892. The molecule has 0 bridgehead atoms. The SMILES string of the molecule is O=C(ON1C(=O)CCC1=O)c1nc(-c2ccccc2)c2nc[nH]c2c1-c1ccccc1. The molecule has 0 radical (unpaired) electrons. The number of carbonyl (C=O) groups excluding carboxylic acids is 3. The molecule has 5 rings (SSSR count). The molecule has 1 fully saturated rings. The number of imide groups is 1. The molecule has 2 amide bonds. The molecule has 1 saturated heterocycles. The van der Waals surface area contributed by atoms with Crippen LogP contribution in [0.4, 0.5) is 0 Å². The van der Waals surface area contributed by atoms with Gasteiger partial charge in [-0.05, 0) is 5.56 Å². The van der Waals surface area contributed by atoms with Gasteiger partial charge in [-0.1, -0.05) is 60.7 Å². The first-order valence-electron chi connectivity index (χ1n) is 9.69. The number of hydrogen-bond acceptors (Lipinski definition) is 6. The molecule has 4 aromatic rings. The minimum Gasteiger partial charge on any atom is -0.344 e. The number of hydroxylamine groups is 2. The first-order chi connectivity index (χ1) is 15.1. The second-order valence-corrected chi connectivity index (χ2v) is 7.00. The maximum absolute atomic E-state index is 13.2. The molecule has 0 aliphatic carbocycles. The molecular weight excluding hydrogens is 396 g/mol. The highest BCUT2D eigenvalue weighted by atomic mass is 16.7. The van der Waals surface area contributed by atoms with Crippen molar-refractivity contribution in [1.29, 1.82) is 0 Å². The highest BCUT2D eigenvalue weighted by Crippen LogP contribution is 2.35. The van der Waals surface area contributed by atoms with Crippen LogP contribution in [0.5, 0.6) is 0 Å². The number of amides is 2. The van der Waals surface area contributed by atoms with Gasteiger partial charge in [0.25, 0.3) is 11.8 Å². The molecule has 2 aromatic carbocycles. The van der Waals surface area contributed by atoms with E-state index in [1.165, 1.54) is 6.33 Å². The Labute approximate surface area is 176 Å². The van der Waals surface area contributed by atoms with Gasteiger partial charge in [-0.15, -0.1) is 5.06 Å². The number of aromatic amines is 1. The van der Waals surface area contributed by atoms with Crippen LogP contribution in [0.15, 0.2) is 67.0 Å². The molecule has 3 heterocycles. The largest absolute Gasteiger partial charge is 0.382 e. The van der Waals surface area contributed by atoms with Crippen molar-refractivity contribution in [1.82, 2.24) is 20.0 Å². The zero-order valence-electron chi connectivity index (χ0n) is 16.2. The predicted molar refractivity (Wildman–Crippen MR) is 111 cm³/mol. The van der Waals surface area contributed by atoms with Crippen LogP contribution in [0.3, 0.4) is 0 Å². The van der Waals surface area contributed by atoms with Crippen LogP contribution in [0.1, 0.15) is 23.3 Å². The number of pyridine rings is 1. The summed E-state index contributed by atoms with van der Waals surface area (Å²) < 4.78 is 0. The van der Waals surface area contributed by atoms with Gasteiger partial charge in [0.1, 0.15) is 5.52 Å². The average Bonchev–Trinajstić information content (AvgIpc) is 3.41. The Morgan fingerprint density at radius 3 is 2.16 bits per heavy atom. The first-order valence-corrected chi connectivity index (χ1v) is 9.69. The Balaban J connectivity index is 1.72. The van der Waals surface area contributed by atoms with Gasteiger partial charge in [0.2, 0.25) is 0 Å². The van der Waals surface area contributed by atoms with E-state index < -0.39 is 17.8 Å². The van der Waals surface area contributed by atoms with E-state index in [-0.39, 0.29) is 18.5 Å². The zero-order valence-corrected chi connectivity index (χ0v) is 16.2. The quantitative estimate of drug-likeness (QED) is 0.514. The van der Waals surface area contributed by atoms with Crippen LogP contribution >= 0.6 is 0 Å². The Bertz CT molecular complexity index is 1300. The van der Waals surface area contributed by atoms with Gasteiger partial charge in [-0.2, -0.15) is 0 Å². The third-order valence-electron chi connectivity index (χ3n) is 5.06. The lowest BCUT2D eigenvalue weighted by Gasteiger charge is -2.16. The molecule has 152 valence electrons. The zero-order chi connectivity index (χ0) is 21.4. The number of nitrogens with zero attached hydrogens (tertiary/aromatic N) is 3. The van der Waals surface area contributed by atoms with E-state index >= 15 is 0 Å². The molecule has 8 nitrogen and oxygen atoms in total. The summed E-state index contributed by atoms with van der Waals surface area (Å²) in [4.78, 5) is 54.4. The summed E-state index contributed by atoms with van der Waals surface area (Å²) in [5, 5.41) is 0.526. The van der Waals surface area contributed by atoms with Crippen molar-refractivity contribution in [2.75, 3.05) is 0 Å². The number of nitrogens with one attached hydrogen (secondary N) is 1. The van der Waals surface area contributed by atoms with Crippen molar-refractivity contribution < 1.29 is 19.2 Å². The minimum absolute atomic E-state index is 0.0138. The Hall–Kier alpha value is -4.33. The molecule has 1 N–H and O–H groups in total. The Morgan fingerprint density at radius 1 is 0.903 bits per heavy atom. The summed E-state index contributed by atoms with van der Waals surface area (Å²) in [5.41, 5.74) is 3.63. The molecule has 2 aromatic heterocycles. The molecule has 1 aliphatic heterocycles. The fourth-order valence-corrected chi connectivity index (χ4v) is 3.62. The van der Waals surface area contributed by atoms with Crippen LogP contribution in [0.2, 0.25) is 0 Å². The molecule has 8 heteroatoms. The first kappa shape index (κ1) is 18.7. The molecule has 0 atom stereocenters. The number of rotatable bonds is 4. The number of hydrogen-bond donors (Lipinski definition) is 1. The van der Waals surface area contributed by atoms with E-state index in [2.05, 4.69) is 15.0 Å². The second kappa shape index (κ2) is 7.49. The van der Waals surface area contributed by atoms with E-state index in [1.54, 1.807) is 0 Å². The molecule has 0 spiro atoms. The van der Waals surface area contributed by atoms with E-state index in [4.69, 9.17) is 4.84 Å². The van der Waals surface area contributed by atoms with Crippen LogP contribution in [0, 0.1) is 0 Å². The van der Waals surface area contributed by atoms with Crippen molar-refractivity contribution in [3.05, 3.63) is 72.7 Å². The van der Waals surface area contributed by atoms with E-state index in [0.717, 1.165) is 11.1 Å². The molecule has 0 unspecified atom stereocenters. The summed E-state index contributed by atoms with van der Waals surface area (Å²) in [6.07, 6.45) is 1.56. The maximum atomic E-state index is 13.2. The Kier molecular flexibility index (Phi) is 4.51. The molecular formula is C23H16N4O4. The van der Waals surface area contributed by atoms with Gasteiger partial charge in [0.05, 0.1) is 17.5 Å². The normalized spacial score (nSPS) is 13.7. The monoisotopic (exact) mass is 412 g/mol. The lowest BCUT2D eigenvalue weighted by molar-refractivity contribution is -0.172. The molecule has 1 aliphatic rings. The molecule has 0 saturated carbocycles. The average molecular weight is 412 g/mol. The summed E-state index contributed by atoms with van der Waals surface area (Å²) in [7, 11) is 0. The van der Waals surface area contributed by atoms with Gasteiger partial charge >= 0.3 is 5.97 Å². The van der Waals surface area contributed by atoms with Crippen molar-refractivity contribution in [3.8, 4) is 22.4 Å². The third-order valence-corrected chi connectivity index (χ3v) is 5.06. The van der Waals surface area contributed by atoms with Crippen LogP contribution in [0.25, 0.3) is 33.4 Å². The van der Waals surface area contributed by atoms with Crippen LogP contribution in [-0.4, -0.2) is 37.8 Å². The van der Waals surface area contributed by atoms with E-state index in [9.17, 15) is 14.4 Å². The van der Waals surface area contributed by atoms with Gasteiger partial charge in [-0.25, -0.2) is 14.8 Å². The fraction of sp³-hybridized carbons (Fsp3) is 0.0870. The number of benzene rings is 2. The third kappa shape index (κ3) is 3.24. The smallest absolute Gasteiger partial charge is 0.344 e. The summed E-state index contributed by atoms with van der Waals surface area (Å²) in [5.74, 6) is -1.99. The number of imidazole rings is 1. The number of H-pyrrole nitrogens is 1. The van der Waals surface area contributed by atoms with Crippen molar-refractivity contribution in [2.45, 2.75) is 12.8 Å². The van der Waals surface area contributed by atoms with Crippen molar-refractivity contribution >= 4 is 28.8 Å². The van der Waals surface area contributed by atoms with Crippen molar-refractivity contribution in [3.63, 3.8) is 0 Å². The lowest BCUT2D eigenvalue weighted by atomic mass is 9.99. The van der Waals surface area contributed by atoms with Gasteiger partial charge < -0.3 is 9.82 Å². The van der Waals surface area contributed by atoms with Gasteiger partial charge in [0, 0.05) is 24.0 Å². The standard InChI is InChI=1S/C23H16N4O4/c28-16-11-12-17(29)27(16)31-23(30)21-18(14-7-3-1-4-8-14)20-22(25-13-24-20)19(26-21)15-9-5-2-6-10-15/h1-10,13H,11-12H2,(H,24,25). The maximum Gasteiger partial charge on any atom is 0.382 e. The number of aromatic nitrogens is 3. The second-order valence-electron chi connectivity index (χ2n) is 7.00.